The van der Waals surface area contributed by atoms with Crippen LogP contribution in [0, 0.1) is 0 Å². The molecule has 7 heteroatoms. The van der Waals surface area contributed by atoms with Gasteiger partial charge in [-0.25, -0.2) is 0 Å². The van der Waals surface area contributed by atoms with Gasteiger partial charge in [-0.05, 0) is 32.4 Å². The zero-order valence-corrected chi connectivity index (χ0v) is 15.8. The van der Waals surface area contributed by atoms with E-state index in [1.165, 1.54) is 0 Å². The van der Waals surface area contributed by atoms with Crippen molar-refractivity contribution < 1.29 is 14.3 Å². The molecule has 0 aliphatic rings. The Kier molecular flexibility index (Phi) is 9.21. The number of amides is 1. The van der Waals surface area contributed by atoms with Gasteiger partial charge >= 0.3 is 0 Å². The predicted octanol–water partition coefficient (Wildman–Crippen LogP) is 2.39. The van der Waals surface area contributed by atoms with E-state index in [0.717, 1.165) is 18.7 Å². The van der Waals surface area contributed by atoms with E-state index in [9.17, 15) is 4.79 Å². The Morgan fingerprint density at radius 1 is 1.20 bits per heavy atom. The number of carbonyl (C=O) groups excluding carboxylic acids is 1. The van der Waals surface area contributed by atoms with Gasteiger partial charge in [0.25, 0.3) is 0 Å². The Labute approximate surface area is 150 Å². The maximum Gasteiger partial charge on any atom is 0.222 e. The lowest BCUT2D eigenvalue weighted by atomic mass is 10.2. The standard InChI is InChI=1S/C18H30N4O3/c1-6-13(3)21-17(23)10-11-20-18(19-7-2)22-14-8-9-15(24-4)16(12-14)25-5/h8-9,12-13H,6-7,10-11H2,1-5H3,(H,21,23)(H2,19,20,22). The Balaban J connectivity index is 2.68. The Bertz CT molecular complexity index is 575. The van der Waals surface area contributed by atoms with Gasteiger partial charge in [0.15, 0.2) is 17.5 Å². The summed E-state index contributed by atoms with van der Waals surface area (Å²) in [6.45, 7) is 7.15. The quantitative estimate of drug-likeness (QED) is 0.470. The number of nitrogens with zero attached hydrogens (tertiary/aromatic N) is 1. The van der Waals surface area contributed by atoms with Crippen LogP contribution in [-0.2, 0) is 4.79 Å². The second kappa shape index (κ2) is 11.2. The number of rotatable bonds is 9. The molecule has 0 saturated heterocycles. The van der Waals surface area contributed by atoms with Crippen molar-refractivity contribution in [3.05, 3.63) is 18.2 Å². The molecule has 0 radical (unpaired) electrons. The second-order valence-corrected chi connectivity index (χ2v) is 5.58. The third-order valence-electron chi connectivity index (χ3n) is 3.62. The minimum Gasteiger partial charge on any atom is -0.493 e. The summed E-state index contributed by atoms with van der Waals surface area (Å²) in [5.41, 5.74) is 0.821. The van der Waals surface area contributed by atoms with Crippen LogP contribution in [-0.4, -0.2) is 45.2 Å². The number of benzene rings is 1. The Morgan fingerprint density at radius 3 is 2.52 bits per heavy atom. The van der Waals surface area contributed by atoms with Crippen molar-refractivity contribution in [3.8, 4) is 11.5 Å². The largest absolute Gasteiger partial charge is 0.493 e. The molecular formula is C18H30N4O3. The molecule has 0 saturated carbocycles. The first-order chi connectivity index (χ1) is 12.0. The first-order valence-corrected chi connectivity index (χ1v) is 8.60. The molecule has 25 heavy (non-hydrogen) atoms. The summed E-state index contributed by atoms with van der Waals surface area (Å²) in [4.78, 5) is 16.3. The molecule has 0 aromatic heterocycles. The first kappa shape index (κ1) is 20.6. The molecule has 1 aromatic rings. The number of carbonyl (C=O) groups is 1. The molecule has 1 unspecified atom stereocenters. The highest BCUT2D eigenvalue weighted by Crippen LogP contribution is 2.29. The number of hydrogen-bond donors (Lipinski definition) is 3. The number of guanidine groups is 1. The van der Waals surface area contributed by atoms with Gasteiger partial charge in [-0.1, -0.05) is 6.92 Å². The topological polar surface area (TPSA) is 84.0 Å². The summed E-state index contributed by atoms with van der Waals surface area (Å²) in [5.74, 6) is 1.93. The highest BCUT2D eigenvalue weighted by Gasteiger charge is 2.07. The van der Waals surface area contributed by atoms with Gasteiger partial charge in [-0.2, -0.15) is 0 Å². The van der Waals surface area contributed by atoms with Crippen LogP contribution in [0.25, 0.3) is 0 Å². The number of ether oxygens (including phenoxy) is 2. The molecule has 0 aliphatic heterocycles. The van der Waals surface area contributed by atoms with Gasteiger partial charge < -0.3 is 25.4 Å². The molecule has 1 aromatic carbocycles. The molecule has 3 N–H and O–H groups in total. The number of methoxy groups -OCH3 is 2. The molecule has 0 spiro atoms. The van der Waals surface area contributed by atoms with E-state index in [1.54, 1.807) is 14.2 Å². The normalized spacial score (nSPS) is 12.3. The molecule has 1 atom stereocenters. The van der Waals surface area contributed by atoms with Crippen LogP contribution in [0.4, 0.5) is 5.69 Å². The Morgan fingerprint density at radius 2 is 1.92 bits per heavy atom. The summed E-state index contributed by atoms with van der Waals surface area (Å²) in [6, 6.07) is 5.73. The summed E-state index contributed by atoms with van der Waals surface area (Å²) in [7, 11) is 3.19. The fourth-order valence-electron chi connectivity index (χ4n) is 2.08. The zero-order chi connectivity index (χ0) is 18.7. The minimum absolute atomic E-state index is 0.0139. The van der Waals surface area contributed by atoms with E-state index >= 15 is 0 Å². The van der Waals surface area contributed by atoms with Gasteiger partial charge in [0, 0.05) is 30.8 Å². The molecule has 0 fully saturated rings. The smallest absolute Gasteiger partial charge is 0.222 e. The van der Waals surface area contributed by atoms with Gasteiger partial charge in [0.05, 0.1) is 20.8 Å². The highest BCUT2D eigenvalue weighted by molar-refractivity contribution is 5.94. The second-order valence-electron chi connectivity index (χ2n) is 5.58. The zero-order valence-electron chi connectivity index (χ0n) is 15.8. The summed E-state index contributed by atoms with van der Waals surface area (Å²) in [6.07, 6.45) is 1.27. The molecule has 140 valence electrons. The molecule has 0 heterocycles. The van der Waals surface area contributed by atoms with Gasteiger partial charge in [0.1, 0.15) is 0 Å². The van der Waals surface area contributed by atoms with Crippen LogP contribution in [0.1, 0.15) is 33.6 Å². The maximum absolute atomic E-state index is 11.8. The molecule has 1 rings (SSSR count). The monoisotopic (exact) mass is 350 g/mol. The van der Waals surface area contributed by atoms with Crippen molar-refractivity contribution in [3.63, 3.8) is 0 Å². The SMILES string of the molecule is CCNC(=NCCC(=O)NC(C)CC)Nc1ccc(OC)c(OC)c1. The summed E-state index contributed by atoms with van der Waals surface area (Å²) >= 11 is 0. The Hall–Kier alpha value is -2.44. The average molecular weight is 350 g/mol. The van der Waals surface area contributed by atoms with Crippen molar-refractivity contribution in [2.45, 2.75) is 39.7 Å². The lowest BCUT2D eigenvalue weighted by molar-refractivity contribution is -0.121. The van der Waals surface area contributed by atoms with Crippen molar-refractivity contribution in [2.75, 3.05) is 32.6 Å². The van der Waals surface area contributed by atoms with E-state index in [2.05, 4.69) is 20.9 Å². The first-order valence-electron chi connectivity index (χ1n) is 8.60. The average Bonchev–Trinajstić information content (AvgIpc) is 2.61. The molecule has 0 bridgehead atoms. The van der Waals surface area contributed by atoms with Crippen molar-refractivity contribution in [1.82, 2.24) is 10.6 Å². The number of aliphatic imine (C=N–C) groups is 1. The lowest BCUT2D eigenvalue weighted by Crippen LogP contribution is -2.33. The van der Waals surface area contributed by atoms with E-state index in [-0.39, 0.29) is 11.9 Å². The molecule has 7 nitrogen and oxygen atoms in total. The van der Waals surface area contributed by atoms with Crippen molar-refractivity contribution in [1.29, 1.82) is 0 Å². The fourth-order valence-corrected chi connectivity index (χ4v) is 2.08. The van der Waals surface area contributed by atoms with Gasteiger partial charge in [-0.3, -0.25) is 9.79 Å². The third-order valence-corrected chi connectivity index (χ3v) is 3.62. The highest BCUT2D eigenvalue weighted by atomic mass is 16.5. The van der Waals surface area contributed by atoms with Crippen LogP contribution in [0.3, 0.4) is 0 Å². The number of hydrogen-bond acceptors (Lipinski definition) is 4. The van der Waals surface area contributed by atoms with E-state index < -0.39 is 0 Å². The van der Waals surface area contributed by atoms with Gasteiger partial charge in [0.2, 0.25) is 5.91 Å². The van der Waals surface area contributed by atoms with E-state index in [1.807, 2.05) is 39.0 Å². The maximum atomic E-state index is 11.8. The van der Waals surface area contributed by atoms with Crippen LogP contribution < -0.4 is 25.4 Å². The molecule has 0 aliphatic carbocycles. The van der Waals surface area contributed by atoms with Crippen LogP contribution >= 0.6 is 0 Å². The number of anilines is 1. The molecule has 1 amide bonds. The number of nitrogens with one attached hydrogen (secondary N) is 3. The van der Waals surface area contributed by atoms with E-state index in [0.29, 0.717) is 30.4 Å². The van der Waals surface area contributed by atoms with Crippen LogP contribution in [0.15, 0.2) is 23.2 Å². The third kappa shape index (κ3) is 7.32. The lowest BCUT2D eigenvalue weighted by Gasteiger charge is -2.14. The van der Waals surface area contributed by atoms with Crippen LogP contribution in [0.5, 0.6) is 11.5 Å². The summed E-state index contributed by atoms with van der Waals surface area (Å²) < 4.78 is 10.5. The minimum atomic E-state index is 0.0139. The molecular weight excluding hydrogens is 320 g/mol. The fraction of sp³-hybridized carbons (Fsp3) is 0.556. The van der Waals surface area contributed by atoms with Gasteiger partial charge in [-0.15, -0.1) is 0 Å². The summed E-state index contributed by atoms with van der Waals surface area (Å²) in [5, 5.41) is 9.29. The predicted molar refractivity (Wildman–Crippen MR) is 102 cm³/mol. The van der Waals surface area contributed by atoms with E-state index in [4.69, 9.17) is 9.47 Å². The van der Waals surface area contributed by atoms with Crippen molar-refractivity contribution in [2.24, 2.45) is 4.99 Å². The van der Waals surface area contributed by atoms with Crippen LogP contribution in [0.2, 0.25) is 0 Å². The van der Waals surface area contributed by atoms with Crippen molar-refractivity contribution >= 4 is 17.6 Å².